The molecule has 2 rings (SSSR count). The highest BCUT2D eigenvalue weighted by atomic mass is 19.1. The van der Waals surface area contributed by atoms with Gasteiger partial charge in [0.15, 0.2) is 6.10 Å². The van der Waals surface area contributed by atoms with Crippen molar-refractivity contribution < 1.29 is 14.0 Å². The maximum atomic E-state index is 12.9. The summed E-state index contributed by atoms with van der Waals surface area (Å²) in [5, 5.41) is 6.73. The fourth-order valence-corrected chi connectivity index (χ4v) is 2.01. The zero-order valence-corrected chi connectivity index (χ0v) is 11.6. The number of oxime groups is 1. The number of likely N-dealkylation sites (N-methyl/N-ethyl adjacent to an activating group) is 1. The fraction of sp³-hybridized carbons (Fsp3) is 0.429. The van der Waals surface area contributed by atoms with E-state index in [9.17, 15) is 9.18 Å². The van der Waals surface area contributed by atoms with Crippen LogP contribution in [0.15, 0.2) is 29.4 Å². The Morgan fingerprint density at radius 3 is 2.85 bits per heavy atom. The molecule has 0 aromatic heterocycles. The van der Waals surface area contributed by atoms with E-state index in [0.29, 0.717) is 19.5 Å². The number of benzene rings is 1. The predicted molar refractivity (Wildman–Crippen MR) is 74.1 cm³/mol. The summed E-state index contributed by atoms with van der Waals surface area (Å²) in [6.07, 6.45) is 0.442. The van der Waals surface area contributed by atoms with E-state index in [-0.39, 0.29) is 18.0 Å². The third kappa shape index (κ3) is 3.46. The molecular formula is C14H18FN3O2. The van der Waals surface area contributed by atoms with Gasteiger partial charge in [0.05, 0.1) is 12.3 Å². The zero-order valence-electron chi connectivity index (χ0n) is 11.6. The minimum Gasteiger partial charge on any atom is -0.390 e. The molecule has 1 N–H and O–H groups in total. The van der Waals surface area contributed by atoms with Gasteiger partial charge in [-0.15, -0.1) is 0 Å². The van der Waals surface area contributed by atoms with Crippen LogP contribution in [0.1, 0.15) is 18.9 Å². The molecule has 1 aromatic rings. The van der Waals surface area contributed by atoms with Crippen LogP contribution in [0.2, 0.25) is 0 Å². The van der Waals surface area contributed by atoms with Crippen LogP contribution in [-0.2, 0) is 4.84 Å². The molecule has 108 valence electrons. The first kappa shape index (κ1) is 14.3. The molecule has 0 saturated heterocycles. The summed E-state index contributed by atoms with van der Waals surface area (Å²) in [4.78, 5) is 18.5. The van der Waals surface area contributed by atoms with Gasteiger partial charge in [-0.25, -0.2) is 9.18 Å². The topological polar surface area (TPSA) is 53.9 Å². The molecule has 0 spiro atoms. The lowest BCUT2D eigenvalue weighted by molar-refractivity contribution is 0.0657. The van der Waals surface area contributed by atoms with Gasteiger partial charge in [-0.05, 0) is 24.6 Å². The molecule has 0 saturated carbocycles. The monoisotopic (exact) mass is 279 g/mol. The summed E-state index contributed by atoms with van der Waals surface area (Å²) in [7, 11) is 1.71. The van der Waals surface area contributed by atoms with Crippen molar-refractivity contribution in [3.63, 3.8) is 0 Å². The number of nitrogens with one attached hydrogen (secondary N) is 1. The number of amides is 2. The molecule has 1 atom stereocenters. The van der Waals surface area contributed by atoms with Crippen LogP contribution in [0.3, 0.4) is 0 Å². The Kier molecular flexibility index (Phi) is 4.55. The average Bonchev–Trinajstić information content (AvgIpc) is 2.88. The van der Waals surface area contributed by atoms with Gasteiger partial charge < -0.3 is 15.1 Å². The highest BCUT2D eigenvalue weighted by Crippen LogP contribution is 2.17. The number of carbonyl (C=O) groups excluding carboxylic acids is 1. The molecule has 1 aliphatic rings. The van der Waals surface area contributed by atoms with Crippen molar-refractivity contribution in [3.8, 4) is 0 Å². The van der Waals surface area contributed by atoms with Crippen molar-refractivity contribution in [3.05, 3.63) is 35.6 Å². The van der Waals surface area contributed by atoms with Gasteiger partial charge in [0.2, 0.25) is 0 Å². The summed E-state index contributed by atoms with van der Waals surface area (Å²) >= 11 is 0. The Balaban J connectivity index is 1.88. The van der Waals surface area contributed by atoms with Crippen LogP contribution in [-0.4, -0.2) is 42.9 Å². The molecule has 0 radical (unpaired) electrons. The highest BCUT2D eigenvalue weighted by Gasteiger charge is 2.24. The lowest BCUT2D eigenvalue weighted by atomic mass is 10.0. The smallest absolute Gasteiger partial charge is 0.317 e. The quantitative estimate of drug-likeness (QED) is 0.916. The van der Waals surface area contributed by atoms with Crippen molar-refractivity contribution in [1.82, 2.24) is 10.2 Å². The molecule has 6 heteroatoms. The fourth-order valence-electron chi connectivity index (χ4n) is 2.01. The Bertz CT molecular complexity index is 502. The summed E-state index contributed by atoms with van der Waals surface area (Å²) < 4.78 is 12.9. The number of carbonyl (C=O) groups is 1. The predicted octanol–water partition coefficient (Wildman–Crippen LogP) is 1.98. The number of hydrogen-bond acceptors (Lipinski definition) is 3. The lowest BCUT2D eigenvalue weighted by Crippen LogP contribution is -2.41. The van der Waals surface area contributed by atoms with Crippen LogP contribution in [0.5, 0.6) is 0 Å². The van der Waals surface area contributed by atoms with Gasteiger partial charge in [0.1, 0.15) is 5.82 Å². The summed E-state index contributed by atoms with van der Waals surface area (Å²) in [6.45, 7) is 2.92. The Labute approximate surface area is 117 Å². The second kappa shape index (κ2) is 6.36. The second-order valence-electron chi connectivity index (χ2n) is 4.69. The summed E-state index contributed by atoms with van der Waals surface area (Å²) in [5.41, 5.74) is 1.62. The molecular weight excluding hydrogens is 261 g/mol. The minimum atomic E-state index is -0.277. The Morgan fingerprint density at radius 1 is 1.50 bits per heavy atom. The van der Waals surface area contributed by atoms with Crippen LogP contribution < -0.4 is 5.32 Å². The molecule has 2 amide bonds. The van der Waals surface area contributed by atoms with Crippen LogP contribution in [0.25, 0.3) is 0 Å². The number of nitrogens with zero attached hydrogens (tertiary/aromatic N) is 2. The first-order valence-electron chi connectivity index (χ1n) is 6.57. The van der Waals surface area contributed by atoms with Gasteiger partial charge in [0.25, 0.3) is 0 Å². The SMILES string of the molecule is CCNC(=O)N(C)CC1CC(c2ccc(F)cc2)=NO1. The zero-order chi connectivity index (χ0) is 14.5. The van der Waals surface area contributed by atoms with E-state index >= 15 is 0 Å². The van der Waals surface area contributed by atoms with Crippen LogP contribution in [0, 0.1) is 5.82 Å². The highest BCUT2D eigenvalue weighted by molar-refractivity contribution is 6.01. The van der Waals surface area contributed by atoms with E-state index in [1.54, 1.807) is 24.1 Å². The van der Waals surface area contributed by atoms with Crippen molar-refractivity contribution >= 4 is 11.7 Å². The first-order valence-corrected chi connectivity index (χ1v) is 6.57. The van der Waals surface area contributed by atoms with Crippen LogP contribution in [0.4, 0.5) is 9.18 Å². The van der Waals surface area contributed by atoms with Gasteiger partial charge in [0, 0.05) is 20.0 Å². The standard InChI is InChI=1S/C14H18FN3O2/c1-3-16-14(19)18(2)9-12-8-13(17-20-12)10-4-6-11(15)7-5-10/h4-7,12H,3,8-9H2,1-2H3,(H,16,19). The third-order valence-corrected chi connectivity index (χ3v) is 3.06. The summed E-state index contributed by atoms with van der Waals surface area (Å²) in [6, 6.07) is 6.00. The number of halogens is 1. The molecule has 5 nitrogen and oxygen atoms in total. The number of hydrogen-bond donors (Lipinski definition) is 1. The Morgan fingerprint density at radius 2 is 2.20 bits per heavy atom. The maximum absolute atomic E-state index is 12.9. The lowest BCUT2D eigenvalue weighted by Gasteiger charge is -2.19. The molecule has 1 heterocycles. The molecule has 1 unspecified atom stereocenters. The second-order valence-corrected chi connectivity index (χ2v) is 4.69. The number of urea groups is 1. The molecule has 0 aliphatic carbocycles. The van der Waals surface area contributed by atoms with Gasteiger partial charge in [-0.3, -0.25) is 0 Å². The van der Waals surface area contributed by atoms with Crippen LogP contribution >= 0.6 is 0 Å². The maximum Gasteiger partial charge on any atom is 0.317 e. The van der Waals surface area contributed by atoms with Gasteiger partial charge in [-0.1, -0.05) is 17.3 Å². The van der Waals surface area contributed by atoms with Crippen molar-refractivity contribution in [1.29, 1.82) is 0 Å². The van der Waals surface area contributed by atoms with E-state index in [0.717, 1.165) is 11.3 Å². The largest absolute Gasteiger partial charge is 0.390 e. The summed E-state index contributed by atoms with van der Waals surface area (Å²) in [5.74, 6) is -0.277. The molecule has 1 aromatic carbocycles. The van der Waals surface area contributed by atoms with Gasteiger partial charge >= 0.3 is 6.03 Å². The van der Waals surface area contributed by atoms with E-state index in [4.69, 9.17) is 4.84 Å². The van der Waals surface area contributed by atoms with E-state index in [1.165, 1.54) is 12.1 Å². The van der Waals surface area contributed by atoms with Crippen molar-refractivity contribution in [2.75, 3.05) is 20.1 Å². The first-order chi connectivity index (χ1) is 9.60. The number of rotatable bonds is 4. The Hall–Kier alpha value is -2.11. The molecule has 20 heavy (non-hydrogen) atoms. The van der Waals surface area contributed by atoms with Crippen molar-refractivity contribution in [2.45, 2.75) is 19.4 Å². The third-order valence-electron chi connectivity index (χ3n) is 3.06. The normalized spacial score (nSPS) is 17.4. The van der Waals surface area contributed by atoms with E-state index in [2.05, 4.69) is 10.5 Å². The van der Waals surface area contributed by atoms with E-state index in [1.807, 2.05) is 6.92 Å². The van der Waals surface area contributed by atoms with Crippen molar-refractivity contribution in [2.24, 2.45) is 5.16 Å². The molecule has 1 aliphatic heterocycles. The minimum absolute atomic E-state index is 0.133. The molecule has 0 fully saturated rings. The average molecular weight is 279 g/mol. The van der Waals surface area contributed by atoms with Gasteiger partial charge in [-0.2, -0.15) is 0 Å². The molecule has 0 bridgehead atoms. The van der Waals surface area contributed by atoms with E-state index < -0.39 is 0 Å².